The molecule has 3 rings (SSSR count). The van der Waals surface area contributed by atoms with Gasteiger partial charge in [-0.15, -0.1) is 0 Å². The van der Waals surface area contributed by atoms with Crippen molar-refractivity contribution in [3.05, 3.63) is 63.5 Å². The fourth-order valence-corrected chi connectivity index (χ4v) is 3.12. The molecule has 0 radical (unpaired) electrons. The Morgan fingerprint density at radius 2 is 2.20 bits per heavy atom. The van der Waals surface area contributed by atoms with E-state index in [0.717, 1.165) is 0 Å². The summed E-state index contributed by atoms with van der Waals surface area (Å²) < 4.78 is 5.65. The maximum Gasteiger partial charge on any atom is 0.260 e. The highest BCUT2D eigenvalue weighted by atomic mass is 35.5. The number of β-amino-alcohol motifs (C(OH)–C–C–N with tert-alkyl or cyclic N) is 1. The fourth-order valence-electron chi connectivity index (χ4n) is 2.94. The first-order valence-electron chi connectivity index (χ1n) is 8.05. The summed E-state index contributed by atoms with van der Waals surface area (Å²) in [4.78, 5) is 28.4. The van der Waals surface area contributed by atoms with Crippen LogP contribution in [-0.2, 0) is 0 Å². The zero-order valence-corrected chi connectivity index (χ0v) is 14.3. The molecule has 1 aromatic heterocycles. The fraction of sp³-hybridized carbons (Fsp3) is 0.333. The van der Waals surface area contributed by atoms with Crippen LogP contribution in [0.25, 0.3) is 0 Å². The number of nitrogens with zero attached hydrogens (tertiary/aromatic N) is 1. The number of benzene rings is 1. The average molecular weight is 363 g/mol. The largest absolute Gasteiger partial charge is 0.490 e. The van der Waals surface area contributed by atoms with Crippen LogP contribution >= 0.6 is 11.6 Å². The van der Waals surface area contributed by atoms with Crippen molar-refractivity contribution < 1.29 is 14.6 Å². The monoisotopic (exact) mass is 362 g/mol. The minimum absolute atomic E-state index is 0.0439. The molecule has 1 fully saturated rings. The van der Waals surface area contributed by atoms with Crippen molar-refractivity contribution in [1.29, 1.82) is 0 Å². The van der Waals surface area contributed by atoms with Crippen LogP contribution < -0.4 is 10.3 Å². The van der Waals surface area contributed by atoms with Gasteiger partial charge in [-0.1, -0.05) is 17.7 Å². The quantitative estimate of drug-likeness (QED) is 0.872. The molecule has 1 aliphatic rings. The lowest BCUT2D eigenvalue weighted by Crippen LogP contribution is -2.53. The second kappa shape index (κ2) is 7.29. The molecule has 1 amide bonds. The van der Waals surface area contributed by atoms with Gasteiger partial charge in [0.05, 0.1) is 6.54 Å². The smallest absolute Gasteiger partial charge is 0.260 e. The van der Waals surface area contributed by atoms with E-state index in [1.807, 2.05) is 0 Å². The average Bonchev–Trinajstić information content (AvgIpc) is 2.60. The summed E-state index contributed by atoms with van der Waals surface area (Å²) >= 11 is 5.92. The molecular formula is C18H19ClN2O4. The van der Waals surface area contributed by atoms with Crippen LogP contribution in [0.4, 0.5) is 0 Å². The number of rotatable bonds is 4. The Labute approximate surface area is 150 Å². The molecule has 2 heterocycles. The zero-order chi connectivity index (χ0) is 17.9. The van der Waals surface area contributed by atoms with E-state index in [4.69, 9.17) is 16.3 Å². The number of carbonyl (C=O) groups excluding carboxylic acids is 1. The minimum Gasteiger partial charge on any atom is -0.490 e. The number of amides is 1. The first-order valence-corrected chi connectivity index (χ1v) is 8.42. The summed E-state index contributed by atoms with van der Waals surface area (Å²) in [5.41, 5.74) is -1.53. The lowest BCUT2D eigenvalue weighted by Gasteiger charge is -2.38. The Morgan fingerprint density at radius 3 is 2.96 bits per heavy atom. The zero-order valence-electron chi connectivity index (χ0n) is 13.6. The molecule has 1 aromatic carbocycles. The summed E-state index contributed by atoms with van der Waals surface area (Å²) in [6, 6.07) is 10.0. The van der Waals surface area contributed by atoms with Gasteiger partial charge < -0.3 is 19.7 Å². The molecule has 7 heteroatoms. The summed E-state index contributed by atoms with van der Waals surface area (Å²) in [6.45, 7) is 0.648. The number of likely N-dealkylation sites (tertiary alicyclic amines) is 1. The van der Waals surface area contributed by atoms with Crippen LogP contribution in [0.3, 0.4) is 0 Å². The van der Waals surface area contributed by atoms with Gasteiger partial charge in [-0.2, -0.15) is 0 Å². The summed E-state index contributed by atoms with van der Waals surface area (Å²) in [5, 5.41) is 11.3. The molecule has 0 bridgehead atoms. The van der Waals surface area contributed by atoms with Crippen molar-refractivity contribution in [2.75, 3.05) is 19.7 Å². The Hall–Kier alpha value is -2.31. The van der Waals surface area contributed by atoms with Crippen LogP contribution in [0.5, 0.6) is 5.75 Å². The predicted molar refractivity (Wildman–Crippen MR) is 94.1 cm³/mol. The molecule has 0 aliphatic carbocycles. The van der Waals surface area contributed by atoms with Crippen LogP contribution in [-0.4, -0.2) is 46.2 Å². The number of H-pyrrole nitrogens is 1. The molecule has 1 aliphatic heterocycles. The molecule has 0 spiro atoms. The van der Waals surface area contributed by atoms with E-state index in [9.17, 15) is 14.7 Å². The molecule has 2 aromatic rings. The number of hydrogen-bond donors (Lipinski definition) is 2. The Kier molecular flexibility index (Phi) is 5.11. The molecule has 1 atom stereocenters. The van der Waals surface area contributed by atoms with E-state index in [2.05, 4.69) is 4.98 Å². The summed E-state index contributed by atoms with van der Waals surface area (Å²) in [6.07, 6.45) is 2.62. The number of carbonyl (C=O) groups is 1. The number of nitrogens with one attached hydrogen (secondary N) is 1. The highest BCUT2D eigenvalue weighted by molar-refractivity contribution is 6.30. The van der Waals surface area contributed by atoms with Crippen LogP contribution in [0, 0.1) is 0 Å². The van der Waals surface area contributed by atoms with E-state index in [0.29, 0.717) is 30.2 Å². The topological polar surface area (TPSA) is 82.6 Å². The third kappa shape index (κ3) is 4.21. The summed E-state index contributed by atoms with van der Waals surface area (Å²) in [5.74, 6) is 0.173. The standard InChI is InChI=1S/C18H19ClN2O4/c19-13-4-1-5-14(10-13)25-12-18(24)7-3-9-21(11-18)17(23)15-6-2-8-20-16(15)22/h1-2,4-6,8,10,24H,3,7,9,11-12H2,(H,20,22). The molecule has 2 N–H and O–H groups in total. The van der Waals surface area contributed by atoms with E-state index in [1.54, 1.807) is 30.3 Å². The Morgan fingerprint density at radius 1 is 1.36 bits per heavy atom. The minimum atomic E-state index is -1.17. The van der Waals surface area contributed by atoms with E-state index < -0.39 is 11.2 Å². The third-order valence-corrected chi connectivity index (χ3v) is 4.43. The molecule has 0 saturated carbocycles. The second-order valence-corrected chi connectivity index (χ2v) is 6.65. The van der Waals surface area contributed by atoms with Crippen molar-refractivity contribution in [2.24, 2.45) is 0 Å². The number of hydrogen-bond acceptors (Lipinski definition) is 4. The third-order valence-electron chi connectivity index (χ3n) is 4.19. The molecule has 132 valence electrons. The van der Waals surface area contributed by atoms with E-state index in [-0.39, 0.29) is 24.6 Å². The number of aromatic nitrogens is 1. The highest BCUT2D eigenvalue weighted by Gasteiger charge is 2.36. The van der Waals surface area contributed by atoms with Crippen molar-refractivity contribution in [2.45, 2.75) is 18.4 Å². The SMILES string of the molecule is O=C(c1ccc[nH]c1=O)N1CCCC(O)(COc2cccc(Cl)c2)C1. The van der Waals surface area contributed by atoms with Gasteiger partial charge in [0.15, 0.2) is 0 Å². The normalized spacial score (nSPS) is 20.3. The van der Waals surface area contributed by atoms with Gasteiger partial charge in [-0.3, -0.25) is 9.59 Å². The van der Waals surface area contributed by atoms with Crippen molar-refractivity contribution >= 4 is 17.5 Å². The van der Waals surface area contributed by atoms with Gasteiger partial charge in [0.1, 0.15) is 23.5 Å². The van der Waals surface area contributed by atoms with Gasteiger partial charge in [0.2, 0.25) is 0 Å². The van der Waals surface area contributed by atoms with Crippen molar-refractivity contribution in [3.8, 4) is 5.75 Å². The van der Waals surface area contributed by atoms with Gasteiger partial charge >= 0.3 is 0 Å². The van der Waals surface area contributed by atoms with Crippen molar-refractivity contribution in [3.63, 3.8) is 0 Å². The number of pyridine rings is 1. The maximum atomic E-state index is 12.6. The Balaban J connectivity index is 1.68. The lowest BCUT2D eigenvalue weighted by atomic mass is 9.93. The van der Waals surface area contributed by atoms with Gasteiger partial charge in [0, 0.05) is 17.8 Å². The Bertz CT molecular complexity index is 822. The first kappa shape index (κ1) is 17.5. The van der Waals surface area contributed by atoms with Gasteiger partial charge in [-0.25, -0.2) is 0 Å². The maximum absolute atomic E-state index is 12.6. The number of aliphatic hydroxyl groups is 1. The van der Waals surface area contributed by atoms with E-state index in [1.165, 1.54) is 17.2 Å². The first-order chi connectivity index (χ1) is 12.0. The summed E-state index contributed by atoms with van der Waals surface area (Å²) in [7, 11) is 0. The van der Waals surface area contributed by atoms with Gasteiger partial charge in [-0.05, 0) is 43.2 Å². The number of halogens is 1. The molecule has 6 nitrogen and oxygen atoms in total. The van der Waals surface area contributed by atoms with Crippen LogP contribution in [0.1, 0.15) is 23.2 Å². The van der Waals surface area contributed by atoms with E-state index >= 15 is 0 Å². The molecular weight excluding hydrogens is 344 g/mol. The van der Waals surface area contributed by atoms with Crippen LogP contribution in [0.2, 0.25) is 5.02 Å². The number of aromatic amines is 1. The number of ether oxygens (including phenoxy) is 1. The van der Waals surface area contributed by atoms with Gasteiger partial charge in [0.25, 0.3) is 11.5 Å². The molecule has 25 heavy (non-hydrogen) atoms. The predicted octanol–water partition coefficient (Wildman–Crippen LogP) is 2.07. The lowest BCUT2D eigenvalue weighted by molar-refractivity contribution is -0.0532. The number of piperidine rings is 1. The highest BCUT2D eigenvalue weighted by Crippen LogP contribution is 2.25. The molecule has 1 saturated heterocycles. The molecule has 1 unspecified atom stereocenters. The second-order valence-electron chi connectivity index (χ2n) is 6.21. The van der Waals surface area contributed by atoms with Crippen LogP contribution in [0.15, 0.2) is 47.4 Å². The van der Waals surface area contributed by atoms with Crippen molar-refractivity contribution in [1.82, 2.24) is 9.88 Å².